The largest absolute Gasteiger partial charge is 0.493 e. The fraction of sp³-hybridized carbons (Fsp3) is 0.472. The molecule has 0 amide bonds. The summed E-state index contributed by atoms with van der Waals surface area (Å²) in [7, 11) is 3.06. The molecule has 63 heavy (non-hydrogen) atoms. The van der Waals surface area contributed by atoms with Gasteiger partial charge in [-0.25, -0.2) is 0 Å². The lowest BCUT2D eigenvalue weighted by atomic mass is 10.1. The van der Waals surface area contributed by atoms with Gasteiger partial charge in [0.15, 0.2) is 0 Å². The van der Waals surface area contributed by atoms with Crippen molar-refractivity contribution in [1.82, 2.24) is 9.97 Å². The molecule has 0 N–H and O–H groups in total. The number of aryl methyl sites for hydroxylation is 6. The average molecular weight is 863 g/mol. The molecule has 0 spiro atoms. The molecule has 0 saturated carbocycles. The number of benzene rings is 2. The molecule has 10 nitrogen and oxygen atoms in total. The zero-order chi connectivity index (χ0) is 45.3. The summed E-state index contributed by atoms with van der Waals surface area (Å²) >= 11 is 0. The van der Waals surface area contributed by atoms with Crippen molar-refractivity contribution >= 4 is 12.4 Å². The second-order valence-corrected chi connectivity index (χ2v) is 15.6. The Balaban J connectivity index is 0.000000335. The van der Waals surface area contributed by atoms with Crippen molar-refractivity contribution in [3.63, 3.8) is 0 Å². The number of ether oxygens (including phenoxy) is 4. The smallest absolute Gasteiger partial charge is 0.125 e. The Morgan fingerprint density at radius 1 is 0.476 bits per heavy atom. The van der Waals surface area contributed by atoms with E-state index in [4.69, 9.17) is 18.9 Å². The SMILES string of the molecule is C/C=C/COc1cc(C)c(OCCCCCCCCc2ccc(/C=N\OC)nc2)c(C)c1.C/C=C/COc1cc(C)c(OCCCCCCCc2ccc(/C=N\OC)nc2)c(C)c1. The Kier molecular flexibility index (Phi) is 26.3. The van der Waals surface area contributed by atoms with E-state index in [2.05, 4.69) is 94.0 Å². The van der Waals surface area contributed by atoms with Crippen molar-refractivity contribution in [3.05, 3.63) is 130 Å². The van der Waals surface area contributed by atoms with Crippen molar-refractivity contribution in [1.29, 1.82) is 0 Å². The van der Waals surface area contributed by atoms with Crippen LogP contribution in [0.3, 0.4) is 0 Å². The Labute approximate surface area is 378 Å². The number of unbranched alkanes of at least 4 members (excludes halogenated alkanes) is 9. The van der Waals surface area contributed by atoms with Gasteiger partial charge in [0, 0.05) is 12.4 Å². The van der Waals surface area contributed by atoms with E-state index >= 15 is 0 Å². The third kappa shape index (κ3) is 21.8. The van der Waals surface area contributed by atoms with Crippen molar-refractivity contribution in [2.75, 3.05) is 40.6 Å². The first kappa shape index (κ1) is 51.7. The van der Waals surface area contributed by atoms with E-state index < -0.39 is 0 Å². The first-order chi connectivity index (χ1) is 30.8. The van der Waals surface area contributed by atoms with Gasteiger partial charge >= 0.3 is 0 Å². The van der Waals surface area contributed by atoms with Crippen LogP contribution in [0.2, 0.25) is 0 Å². The van der Waals surface area contributed by atoms with Crippen LogP contribution in [-0.2, 0) is 22.5 Å². The lowest BCUT2D eigenvalue weighted by molar-refractivity contribution is 0.215. The maximum atomic E-state index is 6.07. The molecule has 2 aromatic heterocycles. The quantitative estimate of drug-likeness (QED) is 0.0230. The summed E-state index contributed by atoms with van der Waals surface area (Å²) in [6.07, 6.45) is 30.4. The predicted molar refractivity (Wildman–Crippen MR) is 259 cm³/mol. The van der Waals surface area contributed by atoms with Gasteiger partial charge in [-0.3, -0.25) is 9.97 Å². The molecule has 2 aromatic carbocycles. The fourth-order valence-electron chi connectivity index (χ4n) is 6.91. The van der Waals surface area contributed by atoms with Crippen molar-refractivity contribution in [2.24, 2.45) is 10.3 Å². The molecule has 0 fully saturated rings. The van der Waals surface area contributed by atoms with Crippen LogP contribution >= 0.6 is 0 Å². The molecule has 0 atom stereocenters. The molecule has 0 aliphatic heterocycles. The average Bonchev–Trinajstić information content (AvgIpc) is 3.28. The third-order valence-corrected chi connectivity index (χ3v) is 10.3. The molecule has 0 unspecified atom stereocenters. The minimum atomic E-state index is 0.598. The molecular formula is C53H74N4O6. The number of hydrogen-bond donors (Lipinski definition) is 0. The van der Waals surface area contributed by atoms with Crippen LogP contribution < -0.4 is 18.9 Å². The number of nitrogens with zero attached hydrogens (tertiary/aromatic N) is 4. The molecule has 0 bridgehead atoms. The highest BCUT2D eigenvalue weighted by Crippen LogP contribution is 2.30. The molecular weight excluding hydrogens is 789 g/mol. The van der Waals surface area contributed by atoms with Gasteiger partial charge in [0.05, 0.1) is 37.0 Å². The summed E-state index contributed by atoms with van der Waals surface area (Å²) in [5.74, 6) is 3.78. The normalized spacial score (nSPS) is 11.4. The highest BCUT2D eigenvalue weighted by Gasteiger charge is 2.09. The monoisotopic (exact) mass is 863 g/mol. The van der Waals surface area contributed by atoms with Gasteiger partial charge in [0.25, 0.3) is 0 Å². The highest BCUT2D eigenvalue weighted by atomic mass is 16.6. The minimum absolute atomic E-state index is 0.598. The van der Waals surface area contributed by atoms with Gasteiger partial charge in [0.2, 0.25) is 0 Å². The Hall–Kier alpha value is -5.64. The highest BCUT2D eigenvalue weighted by molar-refractivity contribution is 5.76. The van der Waals surface area contributed by atoms with Crippen LogP contribution in [0.1, 0.15) is 129 Å². The lowest BCUT2D eigenvalue weighted by Gasteiger charge is -2.14. The number of hydrogen-bond acceptors (Lipinski definition) is 10. The Bertz CT molecular complexity index is 1910. The van der Waals surface area contributed by atoms with E-state index in [9.17, 15) is 0 Å². The van der Waals surface area contributed by atoms with Crippen molar-refractivity contribution in [3.8, 4) is 23.0 Å². The summed E-state index contributed by atoms with van der Waals surface area (Å²) in [5, 5.41) is 7.45. The van der Waals surface area contributed by atoms with Gasteiger partial charge in [0.1, 0.15) is 50.4 Å². The first-order valence-electron chi connectivity index (χ1n) is 22.8. The topological polar surface area (TPSA) is 106 Å². The summed E-state index contributed by atoms with van der Waals surface area (Å²) < 4.78 is 23.6. The lowest BCUT2D eigenvalue weighted by Crippen LogP contribution is -2.02. The Morgan fingerprint density at radius 2 is 0.841 bits per heavy atom. The fourth-order valence-corrected chi connectivity index (χ4v) is 6.91. The predicted octanol–water partition coefficient (Wildman–Crippen LogP) is 12.8. The van der Waals surface area contributed by atoms with Crippen LogP contribution in [0.15, 0.2) is 95.5 Å². The Morgan fingerprint density at radius 3 is 1.17 bits per heavy atom. The van der Waals surface area contributed by atoms with Gasteiger partial charge in [-0.15, -0.1) is 0 Å². The van der Waals surface area contributed by atoms with Crippen LogP contribution in [0.4, 0.5) is 0 Å². The zero-order valence-corrected chi connectivity index (χ0v) is 39.5. The van der Waals surface area contributed by atoms with E-state index in [0.717, 1.165) is 95.5 Å². The molecule has 342 valence electrons. The van der Waals surface area contributed by atoms with Gasteiger partial charge in [-0.1, -0.05) is 91.7 Å². The van der Waals surface area contributed by atoms with Crippen LogP contribution in [-0.4, -0.2) is 63.0 Å². The number of oxime groups is 2. The summed E-state index contributed by atoms with van der Waals surface area (Å²) in [4.78, 5) is 18.1. The van der Waals surface area contributed by atoms with Gasteiger partial charge in [-0.2, -0.15) is 0 Å². The second kappa shape index (κ2) is 32.1. The molecule has 0 saturated heterocycles. The zero-order valence-electron chi connectivity index (χ0n) is 39.5. The standard InChI is InChI=1S/C27H38N2O3.C26H36N2O3/c1-5-6-16-31-26-18-22(2)27(23(3)19-26)32-17-12-10-8-7-9-11-13-24-14-15-25(28-20-24)21-29-30-4;1-5-6-15-30-25-17-21(2)26(22(3)18-25)31-16-11-9-7-8-10-12-23-13-14-24(27-19-23)20-28-29-4/h5-6,14-15,18-21H,7-13,16-17H2,1-4H3;5-6,13-14,17-20H,7-12,15-16H2,1-4H3/b6-5+,29-21-;6-5+,28-20-. The number of allylic oxidation sites excluding steroid dienone is 2. The maximum Gasteiger partial charge on any atom is 0.125 e. The van der Waals surface area contributed by atoms with Crippen molar-refractivity contribution in [2.45, 2.75) is 125 Å². The number of rotatable bonds is 29. The van der Waals surface area contributed by atoms with Crippen LogP contribution in [0.25, 0.3) is 0 Å². The molecule has 2 heterocycles. The first-order valence-corrected chi connectivity index (χ1v) is 22.8. The maximum absolute atomic E-state index is 6.07. The van der Waals surface area contributed by atoms with E-state index in [-0.39, 0.29) is 0 Å². The third-order valence-electron chi connectivity index (χ3n) is 10.3. The van der Waals surface area contributed by atoms with E-state index in [0.29, 0.717) is 13.2 Å². The second-order valence-electron chi connectivity index (χ2n) is 15.6. The van der Waals surface area contributed by atoms with E-state index in [1.54, 1.807) is 12.4 Å². The number of aromatic nitrogens is 2. The van der Waals surface area contributed by atoms with E-state index in [1.165, 1.54) is 83.1 Å². The van der Waals surface area contributed by atoms with E-state index in [1.807, 2.05) is 62.7 Å². The summed E-state index contributed by atoms with van der Waals surface area (Å²) in [5.41, 5.74) is 8.69. The molecule has 0 aliphatic rings. The summed E-state index contributed by atoms with van der Waals surface area (Å²) in [6, 6.07) is 16.4. The molecule has 10 heteroatoms. The number of pyridine rings is 2. The minimum Gasteiger partial charge on any atom is -0.493 e. The van der Waals surface area contributed by atoms with Gasteiger partial charge < -0.3 is 28.6 Å². The molecule has 0 radical (unpaired) electrons. The van der Waals surface area contributed by atoms with Gasteiger partial charge in [-0.05, 0) is 150 Å². The molecule has 4 rings (SSSR count). The van der Waals surface area contributed by atoms with Crippen LogP contribution in [0.5, 0.6) is 23.0 Å². The molecule has 0 aliphatic carbocycles. The van der Waals surface area contributed by atoms with Crippen LogP contribution in [0, 0.1) is 27.7 Å². The van der Waals surface area contributed by atoms with Crippen molar-refractivity contribution < 1.29 is 28.6 Å². The summed E-state index contributed by atoms with van der Waals surface area (Å²) in [6.45, 7) is 15.0. The molecule has 4 aromatic rings.